The minimum atomic E-state index is -0.468. The standard InChI is InChI=1S/C24H24ClN3O2/c1-4-26-21(29)13-20-24-22(15(3)28-30-24)18-11-5-14(2)6-12-19(18)23(27-20)16-7-9-17(25)10-8-16/h5-12,14,20H,4,13H2,1-3H3,(H,26,29)/t14?,20-/m0/s1. The summed E-state index contributed by atoms with van der Waals surface area (Å²) in [4.78, 5) is 17.5. The predicted octanol–water partition coefficient (Wildman–Crippen LogP) is 5.22. The van der Waals surface area contributed by atoms with Crippen molar-refractivity contribution >= 4 is 28.8 Å². The van der Waals surface area contributed by atoms with Crippen molar-refractivity contribution in [1.29, 1.82) is 0 Å². The molecule has 6 heteroatoms. The van der Waals surface area contributed by atoms with Crippen molar-refractivity contribution in [3.8, 4) is 0 Å². The summed E-state index contributed by atoms with van der Waals surface area (Å²) >= 11 is 6.12. The van der Waals surface area contributed by atoms with E-state index >= 15 is 0 Å². The highest BCUT2D eigenvalue weighted by Gasteiger charge is 2.32. The zero-order valence-electron chi connectivity index (χ0n) is 17.3. The molecule has 1 unspecified atom stereocenters. The summed E-state index contributed by atoms with van der Waals surface area (Å²) in [6, 6.07) is 7.15. The van der Waals surface area contributed by atoms with Gasteiger partial charge in [-0.1, -0.05) is 60.1 Å². The van der Waals surface area contributed by atoms with Gasteiger partial charge in [-0.15, -0.1) is 0 Å². The molecule has 1 aliphatic heterocycles. The molecule has 1 aliphatic carbocycles. The van der Waals surface area contributed by atoms with Gasteiger partial charge in [0.1, 0.15) is 6.04 Å². The Morgan fingerprint density at radius 3 is 2.57 bits per heavy atom. The highest BCUT2D eigenvalue weighted by atomic mass is 35.5. The predicted molar refractivity (Wildman–Crippen MR) is 120 cm³/mol. The van der Waals surface area contributed by atoms with Crippen LogP contribution in [0.15, 0.2) is 63.7 Å². The van der Waals surface area contributed by atoms with Crippen molar-refractivity contribution in [3.63, 3.8) is 0 Å². The topological polar surface area (TPSA) is 67.5 Å². The first-order valence-electron chi connectivity index (χ1n) is 10.2. The van der Waals surface area contributed by atoms with Gasteiger partial charge in [0.05, 0.1) is 23.4 Å². The van der Waals surface area contributed by atoms with Gasteiger partial charge in [-0.2, -0.15) is 0 Å². The van der Waals surface area contributed by atoms with Crippen molar-refractivity contribution in [3.05, 3.63) is 81.7 Å². The van der Waals surface area contributed by atoms with E-state index < -0.39 is 6.04 Å². The van der Waals surface area contributed by atoms with Crippen LogP contribution in [-0.4, -0.2) is 23.3 Å². The van der Waals surface area contributed by atoms with Crippen LogP contribution < -0.4 is 5.32 Å². The number of fused-ring (bicyclic) bond motifs is 2. The minimum absolute atomic E-state index is 0.0708. The maximum Gasteiger partial charge on any atom is 0.222 e. The molecule has 1 N–H and O–H groups in total. The number of amides is 1. The van der Waals surface area contributed by atoms with E-state index in [0.29, 0.717) is 17.3 Å². The Kier molecular flexibility index (Phi) is 5.73. The third kappa shape index (κ3) is 3.90. The molecule has 1 aromatic heterocycles. The van der Waals surface area contributed by atoms with Crippen LogP contribution in [0.3, 0.4) is 0 Å². The largest absolute Gasteiger partial charge is 0.358 e. The minimum Gasteiger partial charge on any atom is -0.358 e. The Labute approximate surface area is 181 Å². The molecule has 2 atom stereocenters. The summed E-state index contributed by atoms with van der Waals surface area (Å²) in [5.41, 5.74) is 5.47. The fourth-order valence-corrected chi connectivity index (χ4v) is 3.94. The van der Waals surface area contributed by atoms with Gasteiger partial charge in [-0.3, -0.25) is 9.79 Å². The van der Waals surface area contributed by atoms with Crippen LogP contribution in [-0.2, 0) is 4.79 Å². The van der Waals surface area contributed by atoms with Gasteiger partial charge in [-0.25, -0.2) is 0 Å². The molecule has 0 radical (unpaired) electrons. The molecule has 30 heavy (non-hydrogen) atoms. The van der Waals surface area contributed by atoms with E-state index in [1.54, 1.807) is 0 Å². The zero-order chi connectivity index (χ0) is 21.3. The molecule has 2 aliphatic rings. The van der Waals surface area contributed by atoms with Crippen LogP contribution in [0.1, 0.15) is 48.9 Å². The summed E-state index contributed by atoms with van der Waals surface area (Å²) in [7, 11) is 0. The molecule has 4 rings (SSSR count). The fraction of sp³-hybridized carbons (Fsp3) is 0.292. The van der Waals surface area contributed by atoms with E-state index in [0.717, 1.165) is 33.7 Å². The second kappa shape index (κ2) is 8.44. The number of benzene rings is 1. The van der Waals surface area contributed by atoms with Gasteiger partial charge >= 0.3 is 0 Å². The highest BCUT2D eigenvalue weighted by Crippen LogP contribution is 2.40. The number of aromatic nitrogens is 1. The molecule has 5 nitrogen and oxygen atoms in total. The first kappa shape index (κ1) is 20.4. The van der Waals surface area contributed by atoms with E-state index in [-0.39, 0.29) is 18.2 Å². The third-order valence-electron chi connectivity index (χ3n) is 5.29. The Hall–Kier alpha value is -2.92. The highest BCUT2D eigenvalue weighted by molar-refractivity contribution is 6.31. The molecule has 0 spiro atoms. The Morgan fingerprint density at radius 2 is 1.87 bits per heavy atom. The van der Waals surface area contributed by atoms with Gasteiger partial charge in [0.15, 0.2) is 5.76 Å². The van der Waals surface area contributed by atoms with E-state index in [1.165, 1.54) is 0 Å². The number of nitrogens with one attached hydrogen (secondary N) is 1. The van der Waals surface area contributed by atoms with Gasteiger partial charge in [0, 0.05) is 22.7 Å². The van der Waals surface area contributed by atoms with Gasteiger partial charge in [-0.05, 0) is 37.5 Å². The van der Waals surface area contributed by atoms with Gasteiger partial charge < -0.3 is 9.84 Å². The lowest BCUT2D eigenvalue weighted by Crippen LogP contribution is -2.24. The number of hydrogen-bond donors (Lipinski definition) is 1. The number of hydrogen-bond acceptors (Lipinski definition) is 4. The van der Waals surface area contributed by atoms with E-state index in [2.05, 4.69) is 41.7 Å². The summed E-state index contributed by atoms with van der Waals surface area (Å²) in [5, 5.41) is 7.73. The van der Waals surface area contributed by atoms with E-state index in [1.807, 2.05) is 38.1 Å². The summed E-state index contributed by atoms with van der Waals surface area (Å²) in [6.45, 7) is 6.53. The molecular weight excluding hydrogens is 398 g/mol. The van der Waals surface area contributed by atoms with E-state index in [9.17, 15) is 4.79 Å². The molecule has 1 amide bonds. The number of nitrogens with zero attached hydrogens (tertiary/aromatic N) is 2. The molecule has 154 valence electrons. The van der Waals surface area contributed by atoms with Crippen molar-refractivity contribution < 1.29 is 9.32 Å². The number of carbonyl (C=O) groups excluding carboxylic acids is 1. The summed E-state index contributed by atoms with van der Waals surface area (Å²) < 4.78 is 5.73. The SMILES string of the molecule is CCNC(=O)C[C@@H]1N=C(c2ccc(Cl)cc2)C2=C(C=CC(C)C=C2)c2c(C)noc21. The molecule has 0 fully saturated rings. The van der Waals surface area contributed by atoms with Crippen molar-refractivity contribution in [2.24, 2.45) is 10.9 Å². The van der Waals surface area contributed by atoms with Crippen molar-refractivity contribution in [1.82, 2.24) is 10.5 Å². The summed E-state index contributed by atoms with van der Waals surface area (Å²) in [6.07, 6.45) is 8.72. The van der Waals surface area contributed by atoms with Gasteiger partial charge in [0.2, 0.25) is 5.91 Å². The Balaban J connectivity index is 1.94. The normalized spacial score (nSPS) is 20.2. The van der Waals surface area contributed by atoms with Crippen LogP contribution in [0.5, 0.6) is 0 Å². The number of halogens is 1. The molecule has 1 aromatic carbocycles. The Bertz CT molecular complexity index is 1090. The fourth-order valence-electron chi connectivity index (χ4n) is 3.81. The lowest BCUT2D eigenvalue weighted by Gasteiger charge is -2.13. The van der Waals surface area contributed by atoms with Crippen LogP contribution in [0.2, 0.25) is 5.02 Å². The maximum atomic E-state index is 12.4. The average molecular weight is 422 g/mol. The zero-order valence-corrected chi connectivity index (χ0v) is 18.0. The Morgan fingerprint density at radius 1 is 1.17 bits per heavy atom. The third-order valence-corrected chi connectivity index (χ3v) is 5.55. The lowest BCUT2D eigenvalue weighted by atomic mass is 9.93. The molecule has 0 saturated carbocycles. The van der Waals surface area contributed by atoms with Crippen LogP contribution >= 0.6 is 11.6 Å². The first-order valence-corrected chi connectivity index (χ1v) is 10.5. The number of allylic oxidation sites excluding steroid dienone is 6. The molecule has 2 aromatic rings. The van der Waals surface area contributed by atoms with Gasteiger partial charge in [0.25, 0.3) is 0 Å². The number of aliphatic imine (C=N–C) groups is 1. The van der Waals surface area contributed by atoms with Crippen molar-refractivity contribution in [2.45, 2.75) is 33.2 Å². The van der Waals surface area contributed by atoms with Crippen LogP contribution in [0.25, 0.3) is 5.57 Å². The second-order valence-electron chi connectivity index (χ2n) is 7.57. The monoisotopic (exact) mass is 421 g/mol. The quantitative estimate of drug-likeness (QED) is 0.735. The molecular formula is C24H24ClN3O2. The number of aryl methyl sites for hydroxylation is 1. The number of carbonyl (C=O) groups is 1. The number of rotatable bonds is 4. The van der Waals surface area contributed by atoms with Crippen molar-refractivity contribution in [2.75, 3.05) is 6.54 Å². The smallest absolute Gasteiger partial charge is 0.222 e. The van der Waals surface area contributed by atoms with Crippen LogP contribution in [0, 0.1) is 12.8 Å². The molecule has 0 saturated heterocycles. The lowest BCUT2D eigenvalue weighted by molar-refractivity contribution is -0.121. The van der Waals surface area contributed by atoms with Crippen LogP contribution in [0.4, 0.5) is 0 Å². The molecule has 2 heterocycles. The first-order chi connectivity index (χ1) is 14.5. The summed E-state index contributed by atoms with van der Waals surface area (Å²) in [5.74, 6) is 0.847. The second-order valence-corrected chi connectivity index (χ2v) is 8.01. The molecule has 0 bridgehead atoms. The maximum absolute atomic E-state index is 12.4. The van der Waals surface area contributed by atoms with E-state index in [4.69, 9.17) is 21.1 Å². The average Bonchev–Trinajstić information content (AvgIpc) is 2.92.